The molecule has 11 heteroatoms. The number of ether oxygens (including phenoxy) is 1. The van der Waals surface area contributed by atoms with Gasteiger partial charge in [-0.1, -0.05) is 23.1 Å². The molecule has 1 amide bonds. The van der Waals surface area contributed by atoms with Crippen LogP contribution in [0.3, 0.4) is 0 Å². The number of hydrogen-bond acceptors (Lipinski definition) is 9. The Kier molecular flexibility index (Phi) is 6.10. The normalized spacial score (nSPS) is 14.2. The summed E-state index contributed by atoms with van der Waals surface area (Å²) in [6.45, 7) is 5.85. The molecule has 4 aromatic rings. The number of furan rings is 1. The summed E-state index contributed by atoms with van der Waals surface area (Å²) in [5.41, 5.74) is 1.69. The molecule has 0 aliphatic carbocycles. The molecular formula is C21H22N6O3S2. The number of morpholine rings is 1. The van der Waals surface area contributed by atoms with Gasteiger partial charge in [-0.3, -0.25) is 9.36 Å². The lowest BCUT2D eigenvalue weighted by molar-refractivity contribution is -0.113. The van der Waals surface area contributed by atoms with Crippen LogP contribution in [-0.2, 0) is 16.1 Å². The summed E-state index contributed by atoms with van der Waals surface area (Å²) in [6, 6.07) is 9.47. The van der Waals surface area contributed by atoms with Crippen LogP contribution < -0.4 is 10.2 Å². The Morgan fingerprint density at radius 3 is 2.91 bits per heavy atom. The molecule has 0 radical (unpaired) electrons. The predicted octanol–water partition coefficient (Wildman–Crippen LogP) is 3.74. The number of fused-ring (bicyclic) bond motifs is 1. The zero-order valence-electron chi connectivity index (χ0n) is 17.5. The van der Waals surface area contributed by atoms with Crippen molar-refractivity contribution in [1.29, 1.82) is 0 Å². The van der Waals surface area contributed by atoms with Gasteiger partial charge < -0.3 is 19.4 Å². The second-order valence-electron chi connectivity index (χ2n) is 7.14. The quantitative estimate of drug-likeness (QED) is 0.408. The zero-order chi connectivity index (χ0) is 21.9. The van der Waals surface area contributed by atoms with Crippen LogP contribution in [0.2, 0.25) is 0 Å². The van der Waals surface area contributed by atoms with Crippen molar-refractivity contribution in [3.05, 3.63) is 36.6 Å². The fourth-order valence-corrected chi connectivity index (χ4v) is 5.33. The summed E-state index contributed by atoms with van der Waals surface area (Å²) in [6.07, 6.45) is 1.61. The van der Waals surface area contributed by atoms with Crippen molar-refractivity contribution in [3.63, 3.8) is 0 Å². The van der Waals surface area contributed by atoms with Crippen LogP contribution in [0.4, 0.5) is 10.8 Å². The van der Waals surface area contributed by atoms with E-state index in [1.54, 1.807) is 17.6 Å². The Balaban J connectivity index is 1.23. The first kappa shape index (κ1) is 21.0. The molecule has 0 unspecified atom stereocenters. The summed E-state index contributed by atoms with van der Waals surface area (Å²) in [5, 5.41) is 13.1. The number of thioether (sulfide) groups is 1. The van der Waals surface area contributed by atoms with Crippen LogP contribution >= 0.6 is 23.1 Å². The van der Waals surface area contributed by atoms with Crippen LogP contribution in [0.1, 0.15) is 6.92 Å². The van der Waals surface area contributed by atoms with E-state index in [0.29, 0.717) is 23.3 Å². The number of rotatable bonds is 7. The number of carbonyl (C=O) groups excluding carboxylic acids is 1. The summed E-state index contributed by atoms with van der Waals surface area (Å²) in [4.78, 5) is 19.5. The molecule has 1 aliphatic rings. The second kappa shape index (κ2) is 9.31. The molecule has 1 fully saturated rings. The van der Waals surface area contributed by atoms with E-state index in [-0.39, 0.29) is 11.7 Å². The summed E-state index contributed by atoms with van der Waals surface area (Å²) < 4.78 is 13.8. The van der Waals surface area contributed by atoms with Gasteiger partial charge in [-0.15, -0.1) is 10.2 Å². The van der Waals surface area contributed by atoms with Crippen molar-refractivity contribution in [2.75, 3.05) is 42.3 Å². The Morgan fingerprint density at radius 2 is 2.12 bits per heavy atom. The van der Waals surface area contributed by atoms with Crippen molar-refractivity contribution in [2.45, 2.75) is 18.6 Å². The van der Waals surface area contributed by atoms with E-state index in [1.165, 1.54) is 11.8 Å². The molecule has 1 N–H and O–H groups in total. The summed E-state index contributed by atoms with van der Waals surface area (Å²) in [7, 11) is 0. The number of anilines is 2. The van der Waals surface area contributed by atoms with Gasteiger partial charge in [-0.25, -0.2) is 4.98 Å². The fraction of sp³-hybridized carbons (Fsp3) is 0.333. The predicted molar refractivity (Wildman–Crippen MR) is 125 cm³/mol. The van der Waals surface area contributed by atoms with E-state index >= 15 is 0 Å². The molecule has 0 atom stereocenters. The summed E-state index contributed by atoms with van der Waals surface area (Å²) >= 11 is 2.98. The highest BCUT2D eigenvalue weighted by Gasteiger charge is 2.18. The minimum atomic E-state index is -0.0996. The van der Waals surface area contributed by atoms with E-state index in [2.05, 4.69) is 20.4 Å². The monoisotopic (exact) mass is 470 g/mol. The third-order valence-corrected chi connectivity index (χ3v) is 7.10. The summed E-state index contributed by atoms with van der Waals surface area (Å²) in [5.74, 6) is 1.45. The number of nitrogens with one attached hydrogen (secondary N) is 1. The van der Waals surface area contributed by atoms with Crippen LogP contribution in [0.15, 0.2) is 46.2 Å². The van der Waals surface area contributed by atoms with Gasteiger partial charge in [-0.05, 0) is 37.3 Å². The molecule has 5 rings (SSSR count). The number of hydrogen-bond donors (Lipinski definition) is 1. The molecule has 0 bridgehead atoms. The van der Waals surface area contributed by atoms with Crippen molar-refractivity contribution in [1.82, 2.24) is 19.7 Å². The SMILES string of the molecule is CCn1c(SCC(=O)Nc2ccc3nc(N4CCOCC4)sc3c2)nnc1-c1ccco1. The lowest BCUT2D eigenvalue weighted by atomic mass is 10.3. The topological polar surface area (TPSA) is 98.3 Å². The molecule has 32 heavy (non-hydrogen) atoms. The van der Waals surface area contributed by atoms with Gasteiger partial charge in [0.05, 0.1) is 35.4 Å². The Morgan fingerprint density at radius 1 is 1.25 bits per heavy atom. The number of carbonyl (C=O) groups is 1. The van der Waals surface area contributed by atoms with Crippen LogP contribution in [0.25, 0.3) is 21.8 Å². The number of thiazole rings is 1. The van der Waals surface area contributed by atoms with Gasteiger partial charge in [-0.2, -0.15) is 0 Å². The number of amides is 1. The van der Waals surface area contributed by atoms with E-state index in [0.717, 1.165) is 47.3 Å². The Labute approximate surface area is 192 Å². The molecule has 1 saturated heterocycles. The van der Waals surface area contributed by atoms with Crippen molar-refractivity contribution in [2.24, 2.45) is 0 Å². The molecule has 4 heterocycles. The van der Waals surface area contributed by atoms with E-state index in [4.69, 9.17) is 14.1 Å². The molecule has 1 aromatic carbocycles. The van der Waals surface area contributed by atoms with E-state index < -0.39 is 0 Å². The highest BCUT2D eigenvalue weighted by atomic mass is 32.2. The number of nitrogens with zero attached hydrogens (tertiary/aromatic N) is 5. The molecule has 166 valence electrons. The average molecular weight is 471 g/mol. The standard InChI is InChI=1S/C21H22N6O3S2/c1-2-27-19(16-4-3-9-30-16)24-25-21(27)31-13-18(28)22-14-5-6-15-17(12-14)32-20(23-15)26-7-10-29-11-8-26/h3-6,9,12H,2,7-8,10-11,13H2,1H3,(H,22,28). The Bertz CT molecular complexity index is 1210. The van der Waals surface area contributed by atoms with Crippen LogP contribution in [0, 0.1) is 0 Å². The maximum Gasteiger partial charge on any atom is 0.234 e. The Hall–Kier alpha value is -2.89. The third kappa shape index (κ3) is 4.36. The smallest absolute Gasteiger partial charge is 0.234 e. The van der Waals surface area contributed by atoms with E-state index in [1.807, 2.05) is 41.8 Å². The van der Waals surface area contributed by atoms with Crippen molar-refractivity contribution in [3.8, 4) is 11.6 Å². The molecule has 0 spiro atoms. The maximum absolute atomic E-state index is 12.6. The van der Waals surface area contributed by atoms with Crippen LogP contribution in [-0.4, -0.2) is 57.7 Å². The van der Waals surface area contributed by atoms with Gasteiger partial charge in [0, 0.05) is 25.3 Å². The van der Waals surface area contributed by atoms with Crippen LogP contribution in [0.5, 0.6) is 0 Å². The molecule has 0 saturated carbocycles. The first-order chi connectivity index (χ1) is 15.7. The van der Waals surface area contributed by atoms with E-state index in [9.17, 15) is 4.79 Å². The van der Waals surface area contributed by atoms with Gasteiger partial charge >= 0.3 is 0 Å². The number of benzene rings is 1. The lowest BCUT2D eigenvalue weighted by Crippen LogP contribution is -2.36. The lowest BCUT2D eigenvalue weighted by Gasteiger charge is -2.25. The molecule has 3 aromatic heterocycles. The van der Waals surface area contributed by atoms with Crippen molar-refractivity contribution < 1.29 is 13.9 Å². The molecule has 9 nitrogen and oxygen atoms in total. The van der Waals surface area contributed by atoms with Gasteiger partial charge in [0.15, 0.2) is 21.9 Å². The second-order valence-corrected chi connectivity index (χ2v) is 9.09. The maximum atomic E-state index is 12.6. The highest BCUT2D eigenvalue weighted by molar-refractivity contribution is 7.99. The largest absolute Gasteiger partial charge is 0.461 e. The van der Waals surface area contributed by atoms with Gasteiger partial charge in [0.1, 0.15) is 0 Å². The first-order valence-electron chi connectivity index (χ1n) is 10.3. The van der Waals surface area contributed by atoms with Gasteiger partial charge in [0.2, 0.25) is 5.91 Å². The zero-order valence-corrected chi connectivity index (χ0v) is 19.1. The molecular weight excluding hydrogens is 448 g/mol. The minimum absolute atomic E-state index is 0.0996. The minimum Gasteiger partial charge on any atom is -0.461 e. The number of aromatic nitrogens is 4. The third-order valence-electron chi connectivity index (χ3n) is 5.05. The fourth-order valence-electron chi connectivity index (χ4n) is 3.48. The highest BCUT2D eigenvalue weighted by Crippen LogP contribution is 2.31. The van der Waals surface area contributed by atoms with Crippen molar-refractivity contribution >= 4 is 50.0 Å². The van der Waals surface area contributed by atoms with Gasteiger partial charge in [0.25, 0.3) is 0 Å². The first-order valence-corrected chi connectivity index (χ1v) is 12.1. The molecule has 1 aliphatic heterocycles. The average Bonchev–Trinajstić information content (AvgIpc) is 3.57.